The lowest BCUT2D eigenvalue weighted by molar-refractivity contribution is -0.118. The van der Waals surface area contributed by atoms with Gasteiger partial charge in [0.05, 0.1) is 18.3 Å². The highest BCUT2D eigenvalue weighted by atomic mass is 16.2. The van der Waals surface area contributed by atoms with Gasteiger partial charge in [0, 0.05) is 12.2 Å². The number of hydrogen-bond acceptors (Lipinski definition) is 2. The van der Waals surface area contributed by atoms with Gasteiger partial charge in [0.15, 0.2) is 0 Å². The van der Waals surface area contributed by atoms with Crippen molar-refractivity contribution in [1.29, 1.82) is 0 Å². The minimum Gasteiger partial charge on any atom is -0.308 e. The molecular weight excluding hydrogens is 308 g/mol. The van der Waals surface area contributed by atoms with Crippen molar-refractivity contribution < 1.29 is 4.79 Å². The summed E-state index contributed by atoms with van der Waals surface area (Å²) >= 11 is 0. The van der Waals surface area contributed by atoms with E-state index >= 15 is 0 Å². The number of anilines is 1. The predicted octanol–water partition coefficient (Wildman–Crippen LogP) is 4.73. The summed E-state index contributed by atoms with van der Waals surface area (Å²) < 4.78 is 0. The molecule has 0 N–H and O–H groups in total. The van der Waals surface area contributed by atoms with Crippen LogP contribution in [0.3, 0.4) is 0 Å². The Kier molecular flexibility index (Phi) is 5.24. The van der Waals surface area contributed by atoms with Crippen molar-refractivity contribution in [2.45, 2.75) is 26.3 Å². The highest BCUT2D eigenvalue weighted by Crippen LogP contribution is 2.21. The summed E-state index contributed by atoms with van der Waals surface area (Å²) in [5.74, 6) is 0.0791. The van der Waals surface area contributed by atoms with Crippen LogP contribution in [0.5, 0.6) is 0 Å². The number of amides is 1. The van der Waals surface area contributed by atoms with Gasteiger partial charge in [0.1, 0.15) is 0 Å². The molecule has 0 aliphatic heterocycles. The first-order valence-corrected chi connectivity index (χ1v) is 8.51. The molecule has 3 nitrogen and oxygen atoms in total. The highest BCUT2D eigenvalue weighted by Gasteiger charge is 2.19. The third kappa shape index (κ3) is 4.13. The largest absolute Gasteiger partial charge is 0.308 e. The minimum atomic E-state index is 0.0791. The van der Waals surface area contributed by atoms with E-state index in [4.69, 9.17) is 0 Å². The lowest BCUT2D eigenvalue weighted by Crippen LogP contribution is -2.38. The molecule has 25 heavy (non-hydrogen) atoms. The average Bonchev–Trinajstić information content (AvgIpc) is 2.64. The van der Waals surface area contributed by atoms with Gasteiger partial charge in [-0.2, -0.15) is 0 Å². The lowest BCUT2D eigenvalue weighted by atomic mass is 10.0. The van der Waals surface area contributed by atoms with Crippen molar-refractivity contribution in [3.8, 4) is 11.1 Å². The second-order valence-corrected chi connectivity index (χ2v) is 6.31. The molecule has 3 aromatic rings. The van der Waals surface area contributed by atoms with Crippen LogP contribution in [0.4, 0.5) is 5.69 Å². The van der Waals surface area contributed by atoms with Gasteiger partial charge in [-0.3, -0.25) is 9.78 Å². The minimum absolute atomic E-state index is 0.0791. The van der Waals surface area contributed by atoms with Crippen molar-refractivity contribution >= 4 is 11.6 Å². The molecule has 1 amide bonds. The van der Waals surface area contributed by atoms with Crippen LogP contribution in [-0.4, -0.2) is 16.9 Å². The summed E-state index contributed by atoms with van der Waals surface area (Å²) in [5, 5.41) is 0. The van der Waals surface area contributed by atoms with E-state index < -0.39 is 0 Å². The Morgan fingerprint density at radius 3 is 2.20 bits per heavy atom. The zero-order valence-corrected chi connectivity index (χ0v) is 14.6. The molecule has 0 radical (unpaired) electrons. The Hall–Kier alpha value is -2.94. The number of benzene rings is 2. The van der Waals surface area contributed by atoms with Gasteiger partial charge in [-0.15, -0.1) is 0 Å². The molecule has 0 bridgehead atoms. The molecule has 0 atom stereocenters. The first-order valence-electron chi connectivity index (χ1n) is 8.51. The van der Waals surface area contributed by atoms with Gasteiger partial charge in [-0.05, 0) is 42.7 Å². The Labute approximate surface area is 149 Å². The third-order valence-electron chi connectivity index (χ3n) is 4.13. The fourth-order valence-corrected chi connectivity index (χ4v) is 2.93. The van der Waals surface area contributed by atoms with Gasteiger partial charge in [-0.25, -0.2) is 0 Å². The Balaban J connectivity index is 1.76. The van der Waals surface area contributed by atoms with Crippen LogP contribution in [0.1, 0.15) is 19.4 Å². The van der Waals surface area contributed by atoms with Gasteiger partial charge in [-0.1, -0.05) is 54.6 Å². The fourth-order valence-electron chi connectivity index (χ4n) is 2.93. The van der Waals surface area contributed by atoms with Crippen LogP contribution in [0.2, 0.25) is 0 Å². The molecule has 0 aliphatic carbocycles. The topological polar surface area (TPSA) is 33.2 Å². The number of pyridine rings is 1. The molecule has 1 aromatic heterocycles. The molecule has 3 rings (SSSR count). The normalized spacial score (nSPS) is 10.7. The van der Waals surface area contributed by atoms with Crippen LogP contribution >= 0.6 is 0 Å². The third-order valence-corrected chi connectivity index (χ3v) is 4.13. The van der Waals surface area contributed by atoms with Crippen LogP contribution in [0.15, 0.2) is 79.1 Å². The van der Waals surface area contributed by atoms with E-state index in [2.05, 4.69) is 29.2 Å². The zero-order chi connectivity index (χ0) is 17.6. The van der Waals surface area contributed by atoms with Crippen molar-refractivity contribution in [2.75, 3.05) is 4.90 Å². The van der Waals surface area contributed by atoms with E-state index in [-0.39, 0.29) is 11.9 Å². The molecule has 0 fully saturated rings. The van der Waals surface area contributed by atoms with E-state index in [0.717, 1.165) is 16.8 Å². The van der Waals surface area contributed by atoms with Gasteiger partial charge < -0.3 is 4.90 Å². The quantitative estimate of drug-likeness (QED) is 0.677. The number of carbonyl (C=O) groups is 1. The van der Waals surface area contributed by atoms with Crippen LogP contribution in [0, 0.1) is 0 Å². The average molecular weight is 330 g/mol. The van der Waals surface area contributed by atoms with Gasteiger partial charge in [0.25, 0.3) is 0 Å². The standard InChI is InChI=1S/C22H22N2O/c1-17(2)24(21-9-6-14-23-16-21)22(25)15-18-10-12-20(13-11-18)19-7-4-3-5-8-19/h3-14,16-17H,15H2,1-2H3. The van der Waals surface area contributed by atoms with Crippen LogP contribution in [0.25, 0.3) is 11.1 Å². The Bertz CT molecular complexity index is 812. The summed E-state index contributed by atoms with van der Waals surface area (Å²) in [4.78, 5) is 18.7. The fraction of sp³-hybridized carbons (Fsp3) is 0.182. The van der Waals surface area contributed by atoms with Crippen LogP contribution in [-0.2, 0) is 11.2 Å². The number of hydrogen-bond donors (Lipinski definition) is 0. The number of nitrogens with zero attached hydrogens (tertiary/aromatic N) is 2. The molecule has 0 saturated carbocycles. The molecule has 2 aromatic carbocycles. The smallest absolute Gasteiger partial charge is 0.231 e. The van der Waals surface area contributed by atoms with Gasteiger partial charge >= 0.3 is 0 Å². The summed E-state index contributed by atoms with van der Waals surface area (Å²) in [5.41, 5.74) is 4.19. The van der Waals surface area contributed by atoms with Crippen molar-refractivity contribution in [1.82, 2.24) is 4.98 Å². The van der Waals surface area contributed by atoms with E-state index in [0.29, 0.717) is 6.42 Å². The second-order valence-electron chi connectivity index (χ2n) is 6.31. The van der Waals surface area contributed by atoms with Crippen molar-refractivity contribution in [3.05, 3.63) is 84.7 Å². The SMILES string of the molecule is CC(C)N(C(=O)Cc1ccc(-c2ccccc2)cc1)c1cccnc1. The maximum Gasteiger partial charge on any atom is 0.231 e. The maximum absolute atomic E-state index is 12.8. The summed E-state index contributed by atoms with van der Waals surface area (Å²) in [6.07, 6.45) is 3.83. The van der Waals surface area contributed by atoms with E-state index in [1.54, 1.807) is 17.3 Å². The maximum atomic E-state index is 12.8. The van der Waals surface area contributed by atoms with Gasteiger partial charge in [0.2, 0.25) is 5.91 Å². The molecular formula is C22H22N2O. The molecule has 0 spiro atoms. The summed E-state index contributed by atoms with van der Waals surface area (Å²) in [6.45, 7) is 4.03. The van der Waals surface area contributed by atoms with E-state index in [1.165, 1.54) is 5.56 Å². The predicted molar refractivity (Wildman–Crippen MR) is 102 cm³/mol. The Morgan fingerprint density at radius 2 is 1.60 bits per heavy atom. The van der Waals surface area contributed by atoms with Crippen LogP contribution < -0.4 is 4.90 Å². The van der Waals surface area contributed by atoms with Crippen molar-refractivity contribution in [3.63, 3.8) is 0 Å². The Morgan fingerprint density at radius 1 is 0.920 bits per heavy atom. The number of rotatable bonds is 5. The molecule has 126 valence electrons. The van der Waals surface area contributed by atoms with E-state index in [1.807, 2.05) is 56.3 Å². The number of aromatic nitrogens is 1. The number of carbonyl (C=O) groups excluding carboxylic acids is 1. The summed E-state index contributed by atoms with van der Waals surface area (Å²) in [6, 6.07) is 22.3. The first-order chi connectivity index (χ1) is 12.1. The molecule has 0 aliphatic rings. The van der Waals surface area contributed by atoms with Crippen molar-refractivity contribution in [2.24, 2.45) is 0 Å². The summed E-state index contributed by atoms with van der Waals surface area (Å²) in [7, 11) is 0. The monoisotopic (exact) mass is 330 g/mol. The lowest BCUT2D eigenvalue weighted by Gasteiger charge is -2.26. The second kappa shape index (κ2) is 7.75. The highest BCUT2D eigenvalue weighted by molar-refractivity contribution is 5.95. The molecule has 0 unspecified atom stereocenters. The first kappa shape index (κ1) is 16.9. The molecule has 1 heterocycles. The molecule has 3 heteroatoms. The molecule has 0 saturated heterocycles. The van der Waals surface area contributed by atoms with E-state index in [9.17, 15) is 4.79 Å². The zero-order valence-electron chi connectivity index (χ0n) is 14.6.